The van der Waals surface area contributed by atoms with Crippen molar-refractivity contribution >= 4 is 58.5 Å². The minimum absolute atomic E-state index is 0.0598. The lowest BCUT2D eigenvalue weighted by Gasteiger charge is -2.15. The second-order valence-electron chi connectivity index (χ2n) is 8.07. The monoisotopic (exact) mass is 539 g/mol. The third-order valence-electron chi connectivity index (χ3n) is 5.29. The molecule has 0 spiro atoms. The van der Waals surface area contributed by atoms with E-state index in [0.29, 0.717) is 28.6 Å². The molecule has 37 heavy (non-hydrogen) atoms. The molecule has 2 N–H and O–H groups in total. The van der Waals surface area contributed by atoms with Crippen LogP contribution in [0, 0.1) is 6.92 Å². The lowest BCUT2D eigenvalue weighted by atomic mass is 10.1. The predicted molar refractivity (Wildman–Crippen MR) is 143 cm³/mol. The molecule has 1 heterocycles. The van der Waals surface area contributed by atoms with Crippen LogP contribution in [0.15, 0.2) is 66.4 Å². The molecule has 8 nitrogen and oxygen atoms in total. The molecule has 0 aliphatic carbocycles. The minimum Gasteiger partial charge on any atom is -0.490 e. The number of nitrogens with zero attached hydrogens (tertiary/aromatic N) is 1. The van der Waals surface area contributed by atoms with Gasteiger partial charge in [0.15, 0.2) is 18.1 Å². The van der Waals surface area contributed by atoms with E-state index in [0.717, 1.165) is 10.5 Å². The molecule has 3 aromatic rings. The van der Waals surface area contributed by atoms with E-state index in [4.69, 9.17) is 32.7 Å². The van der Waals surface area contributed by atoms with Gasteiger partial charge in [0.1, 0.15) is 5.70 Å². The number of rotatable bonds is 8. The zero-order valence-corrected chi connectivity index (χ0v) is 21.5. The average molecular weight is 540 g/mol. The summed E-state index contributed by atoms with van der Waals surface area (Å²) in [6.45, 7) is 3.76. The van der Waals surface area contributed by atoms with E-state index >= 15 is 0 Å². The quantitative estimate of drug-likeness (QED) is 0.278. The molecule has 3 aromatic carbocycles. The number of nitrogens with one attached hydrogen (secondary N) is 2. The van der Waals surface area contributed by atoms with Crippen molar-refractivity contribution in [3.8, 4) is 11.5 Å². The molecule has 0 radical (unpaired) electrons. The van der Waals surface area contributed by atoms with Gasteiger partial charge in [0.2, 0.25) is 0 Å². The number of ether oxygens (including phenoxy) is 2. The summed E-state index contributed by atoms with van der Waals surface area (Å²) in [6.07, 6.45) is 1.48. The number of carbonyl (C=O) groups is 3. The van der Waals surface area contributed by atoms with Gasteiger partial charge in [-0.1, -0.05) is 40.9 Å². The maximum Gasteiger partial charge on any atom is 0.333 e. The van der Waals surface area contributed by atoms with Gasteiger partial charge in [-0.3, -0.25) is 9.59 Å². The Balaban J connectivity index is 1.51. The zero-order chi connectivity index (χ0) is 26.5. The van der Waals surface area contributed by atoms with Crippen molar-refractivity contribution in [2.45, 2.75) is 13.8 Å². The fourth-order valence-corrected chi connectivity index (χ4v) is 3.97. The van der Waals surface area contributed by atoms with Crippen molar-refractivity contribution in [3.05, 3.63) is 87.5 Å². The van der Waals surface area contributed by atoms with E-state index in [1.165, 1.54) is 6.08 Å². The number of halogens is 2. The number of benzene rings is 3. The minimum atomic E-state index is -0.589. The molecule has 0 saturated carbocycles. The standard InChI is InChI=1S/C27H23Cl2N3O5/c1-3-36-23-14-17(13-22-26(34)32(27(35)31-22)20-10-6-18(28)7-11-20)12-21(29)25(23)37-15-24(33)30-19-8-4-16(2)5-9-19/h4-14H,3,15H2,1-2H3,(H,30,33)(H,31,35)/b22-13+. The molecule has 10 heteroatoms. The first-order valence-corrected chi connectivity index (χ1v) is 12.1. The van der Waals surface area contributed by atoms with E-state index in [1.54, 1.807) is 55.5 Å². The van der Waals surface area contributed by atoms with Crippen molar-refractivity contribution in [1.82, 2.24) is 5.32 Å². The first kappa shape index (κ1) is 26.1. The van der Waals surface area contributed by atoms with Crippen LogP contribution >= 0.6 is 23.2 Å². The lowest BCUT2D eigenvalue weighted by Crippen LogP contribution is -2.30. The molecule has 0 atom stereocenters. The van der Waals surface area contributed by atoms with Crippen LogP contribution in [0.25, 0.3) is 6.08 Å². The summed E-state index contributed by atoms with van der Waals surface area (Å²) in [5.41, 5.74) is 2.66. The van der Waals surface area contributed by atoms with Crippen LogP contribution in [-0.2, 0) is 9.59 Å². The maximum atomic E-state index is 12.9. The smallest absolute Gasteiger partial charge is 0.333 e. The fourth-order valence-electron chi connectivity index (χ4n) is 3.57. The van der Waals surface area contributed by atoms with Gasteiger partial charge < -0.3 is 20.1 Å². The molecule has 1 fully saturated rings. The van der Waals surface area contributed by atoms with Crippen LogP contribution in [0.5, 0.6) is 11.5 Å². The summed E-state index contributed by atoms with van der Waals surface area (Å²) in [6, 6.07) is 16.3. The molecular formula is C27H23Cl2N3O5. The number of aryl methyl sites for hydroxylation is 1. The number of anilines is 2. The van der Waals surface area contributed by atoms with Crippen molar-refractivity contribution < 1.29 is 23.9 Å². The van der Waals surface area contributed by atoms with Crippen LogP contribution in [0.1, 0.15) is 18.1 Å². The third kappa shape index (κ3) is 6.22. The highest BCUT2D eigenvalue weighted by molar-refractivity contribution is 6.33. The summed E-state index contributed by atoms with van der Waals surface area (Å²) in [5.74, 6) is -0.421. The van der Waals surface area contributed by atoms with Gasteiger partial charge in [-0.2, -0.15) is 0 Å². The topological polar surface area (TPSA) is 97.0 Å². The molecule has 4 amide bonds. The summed E-state index contributed by atoms with van der Waals surface area (Å²) >= 11 is 12.4. The normalized spacial score (nSPS) is 14.1. The largest absolute Gasteiger partial charge is 0.490 e. The highest BCUT2D eigenvalue weighted by Gasteiger charge is 2.35. The van der Waals surface area contributed by atoms with Crippen LogP contribution < -0.4 is 25.0 Å². The van der Waals surface area contributed by atoms with Crippen LogP contribution in [-0.4, -0.2) is 31.1 Å². The summed E-state index contributed by atoms with van der Waals surface area (Å²) in [4.78, 5) is 38.8. The lowest BCUT2D eigenvalue weighted by molar-refractivity contribution is -0.118. The Labute approximate surface area is 223 Å². The van der Waals surface area contributed by atoms with E-state index in [2.05, 4.69) is 10.6 Å². The first-order chi connectivity index (χ1) is 17.7. The van der Waals surface area contributed by atoms with Crippen LogP contribution in [0.3, 0.4) is 0 Å². The number of carbonyl (C=O) groups excluding carboxylic acids is 3. The molecule has 1 saturated heterocycles. The Kier molecular flexibility index (Phi) is 8.01. The average Bonchev–Trinajstić information content (AvgIpc) is 3.13. The van der Waals surface area contributed by atoms with Gasteiger partial charge in [0, 0.05) is 10.7 Å². The van der Waals surface area contributed by atoms with Crippen LogP contribution in [0.4, 0.5) is 16.2 Å². The Morgan fingerprint density at radius 3 is 2.41 bits per heavy atom. The highest BCUT2D eigenvalue weighted by Crippen LogP contribution is 2.37. The van der Waals surface area contributed by atoms with E-state index in [-0.39, 0.29) is 34.7 Å². The SMILES string of the molecule is CCOc1cc(/C=C2/NC(=O)N(c3ccc(Cl)cc3)C2=O)cc(Cl)c1OCC(=O)Nc1ccc(C)cc1. The zero-order valence-electron chi connectivity index (χ0n) is 20.0. The number of imide groups is 1. The summed E-state index contributed by atoms with van der Waals surface area (Å²) in [7, 11) is 0. The second-order valence-corrected chi connectivity index (χ2v) is 8.91. The molecule has 1 aliphatic rings. The Hall–Kier alpha value is -4.01. The number of amides is 4. The van der Waals surface area contributed by atoms with Crippen molar-refractivity contribution in [2.75, 3.05) is 23.4 Å². The van der Waals surface area contributed by atoms with E-state index in [9.17, 15) is 14.4 Å². The van der Waals surface area contributed by atoms with Gasteiger partial charge in [-0.05, 0) is 74.0 Å². The Bertz CT molecular complexity index is 1370. The first-order valence-electron chi connectivity index (χ1n) is 11.3. The number of hydrogen-bond donors (Lipinski definition) is 2. The van der Waals surface area contributed by atoms with Crippen LogP contribution in [0.2, 0.25) is 10.0 Å². The Morgan fingerprint density at radius 1 is 1.03 bits per heavy atom. The Morgan fingerprint density at radius 2 is 1.73 bits per heavy atom. The second kappa shape index (κ2) is 11.4. The highest BCUT2D eigenvalue weighted by atomic mass is 35.5. The molecule has 1 aliphatic heterocycles. The van der Waals surface area contributed by atoms with Crippen molar-refractivity contribution in [1.29, 1.82) is 0 Å². The van der Waals surface area contributed by atoms with Gasteiger partial charge in [-0.25, -0.2) is 9.69 Å². The molecule has 0 bridgehead atoms. The maximum absolute atomic E-state index is 12.9. The molecule has 190 valence electrons. The molecular weight excluding hydrogens is 517 g/mol. The van der Waals surface area contributed by atoms with E-state index in [1.807, 2.05) is 19.1 Å². The van der Waals surface area contributed by atoms with Crippen molar-refractivity contribution in [2.24, 2.45) is 0 Å². The predicted octanol–water partition coefficient (Wildman–Crippen LogP) is 5.82. The van der Waals surface area contributed by atoms with Crippen molar-refractivity contribution in [3.63, 3.8) is 0 Å². The molecule has 0 unspecified atom stereocenters. The van der Waals surface area contributed by atoms with Gasteiger partial charge in [0.25, 0.3) is 11.8 Å². The summed E-state index contributed by atoms with van der Waals surface area (Å²) < 4.78 is 11.4. The third-order valence-corrected chi connectivity index (χ3v) is 5.82. The summed E-state index contributed by atoms with van der Waals surface area (Å²) in [5, 5.41) is 5.98. The van der Waals surface area contributed by atoms with Gasteiger partial charge in [0.05, 0.1) is 17.3 Å². The number of urea groups is 1. The van der Waals surface area contributed by atoms with Gasteiger partial charge >= 0.3 is 6.03 Å². The molecule has 4 rings (SSSR count). The van der Waals surface area contributed by atoms with E-state index < -0.39 is 11.9 Å². The number of hydrogen-bond acceptors (Lipinski definition) is 5. The van der Waals surface area contributed by atoms with Gasteiger partial charge in [-0.15, -0.1) is 0 Å². The molecule has 0 aromatic heterocycles. The fraction of sp³-hybridized carbons (Fsp3) is 0.148.